The molecule has 2 rings (SSSR count). The molecule has 0 radical (unpaired) electrons. The van der Waals surface area contributed by atoms with Crippen LogP contribution in [0.2, 0.25) is 0 Å². The van der Waals surface area contributed by atoms with E-state index in [2.05, 4.69) is 10.6 Å². The maximum absolute atomic E-state index is 12.6. The Morgan fingerprint density at radius 3 is 2.76 bits per heavy atom. The first kappa shape index (κ1) is 19.2. The summed E-state index contributed by atoms with van der Waals surface area (Å²) in [6.07, 6.45) is 7.31. The van der Waals surface area contributed by atoms with Gasteiger partial charge in [-0.15, -0.1) is 0 Å². The van der Waals surface area contributed by atoms with E-state index < -0.39 is 18.0 Å². The van der Waals surface area contributed by atoms with E-state index in [4.69, 9.17) is 5.73 Å². The van der Waals surface area contributed by atoms with Crippen molar-refractivity contribution >= 4 is 17.7 Å². The number of allylic oxidation sites excluding steroid dienone is 3. The molecule has 1 aliphatic carbocycles. The number of likely N-dealkylation sites (N-methyl/N-ethyl adjacent to an activating group) is 1. The zero-order valence-corrected chi connectivity index (χ0v) is 15.2. The van der Waals surface area contributed by atoms with E-state index >= 15 is 0 Å². The van der Waals surface area contributed by atoms with Crippen LogP contribution in [-0.4, -0.2) is 48.3 Å². The van der Waals surface area contributed by atoms with Crippen molar-refractivity contribution in [2.75, 3.05) is 13.6 Å². The van der Waals surface area contributed by atoms with Crippen molar-refractivity contribution in [3.63, 3.8) is 0 Å². The number of nitrogens with two attached hydrogens (primary N) is 1. The second-order valence-corrected chi connectivity index (χ2v) is 6.76. The van der Waals surface area contributed by atoms with Crippen molar-refractivity contribution in [1.82, 2.24) is 15.5 Å². The Balaban J connectivity index is 2.16. The fraction of sp³-hybridized carbons (Fsp3) is 0.611. The third-order valence-electron chi connectivity index (χ3n) is 4.86. The molecule has 0 aromatic carbocycles. The van der Waals surface area contributed by atoms with E-state index in [1.807, 2.05) is 12.2 Å². The summed E-state index contributed by atoms with van der Waals surface area (Å²) in [4.78, 5) is 38.6. The van der Waals surface area contributed by atoms with Gasteiger partial charge < -0.3 is 21.3 Å². The summed E-state index contributed by atoms with van der Waals surface area (Å²) in [5.74, 6) is -0.711. The highest BCUT2D eigenvalue weighted by atomic mass is 16.2. The highest BCUT2D eigenvalue weighted by Crippen LogP contribution is 2.31. The van der Waals surface area contributed by atoms with Crippen LogP contribution < -0.4 is 16.4 Å². The van der Waals surface area contributed by atoms with Crippen molar-refractivity contribution in [3.05, 3.63) is 23.4 Å². The zero-order chi connectivity index (χ0) is 18.6. The summed E-state index contributed by atoms with van der Waals surface area (Å²) in [5.41, 5.74) is 6.89. The SMILES string of the molecule is CCC(N)C(=O)N[C@@H](C)C(=O)NC1=C2C=CCCC2CCN(C)C1=O. The van der Waals surface area contributed by atoms with E-state index in [-0.39, 0.29) is 17.7 Å². The Kier molecular flexibility index (Phi) is 6.36. The van der Waals surface area contributed by atoms with Crippen LogP contribution in [0, 0.1) is 5.92 Å². The first-order chi connectivity index (χ1) is 11.8. The number of carbonyl (C=O) groups excluding carboxylic acids is 3. The van der Waals surface area contributed by atoms with Gasteiger partial charge in [0.1, 0.15) is 11.7 Å². The van der Waals surface area contributed by atoms with Crippen molar-refractivity contribution in [1.29, 1.82) is 0 Å². The van der Waals surface area contributed by atoms with Gasteiger partial charge in [-0.2, -0.15) is 0 Å². The molecule has 0 spiro atoms. The van der Waals surface area contributed by atoms with E-state index in [0.717, 1.165) is 24.8 Å². The topological polar surface area (TPSA) is 105 Å². The number of fused-ring (bicyclic) bond motifs is 1. The van der Waals surface area contributed by atoms with Gasteiger partial charge in [-0.25, -0.2) is 0 Å². The molecule has 2 unspecified atom stereocenters. The minimum Gasteiger partial charge on any atom is -0.343 e. The largest absolute Gasteiger partial charge is 0.343 e. The fourth-order valence-electron chi connectivity index (χ4n) is 3.08. The van der Waals surface area contributed by atoms with Crippen LogP contribution in [0.25, 0.3) is 0 Å². The van der Waals surface area contributed by atoms with E-state index in [9.17, 15) is 14.4 Å². The smallest absolute Gasteiger partial charge is 0.270 e. The monoisotopic (exact) mass is 348 g/mol. The molecule has 0 aromatic rings. The first-order valence-corrected chi connectivity index (χ1v) is 8.88. The molecule has 3 amide bonds. The van der Waals surface area contributed by atoms with Gasteiger partial charge in [-0.1, -0.05) is 19.1 Å². The number of nitrogens with one attached hydrogen (secondary N) is 2. The molecule has 1 heterocycles. The van der Waals surface area contributed by atoms with Gasteiger partial charge in [0.05, 0.1) is 6.04 Å². The van der Waals surface area contributed by atoms with Gasteiger partial charge in [-0.05, 0) is 44.1 Å². The van der Waals surface area contributed by atoms with Gasteiger partial charge in [0.25, 0.3) is 5.91 Å². The van der Waals surface area contributed by atoms with Crippen LogP contribution >= 0.6 is 0 Å². The van der Waals surface area contributed by atoms with Gasteiger partial charge in [0.2, 0.25) is 11.8 Å². The molecule has 0 aromatic heterocycles. The normalized spacial score (nSPS) is 22.8. The Morgan fingerprint density at radius 2 is 2.08 bits per heavy atom. The Bertz CT molecular complexity index is 611. The van der Waals surface area contributed by atoms with Gasteiger partial charge in [0.15, 0.2) is 0 Å². The molecular weight excluding hydrogens is 320 g/mol. The standard InChI is InChI=1S/C18H28N4O3/c1-4-14(19)17(24)20-11(2)16(23)21-15-13-8-6-5-7-12(13)9-10-22(3)18(15)25/h6,8,11-12,14H,4-5,7,9-10,19H2,1-3H3,(H,20,24)(H,21,23)/t11-,12?,14?/m0/s1. The third-order valence-corrected chi connectivity index (χ3v) is 4.86. The van der Waals surface area contributed by atoms with Crippen LogP contribution in [0.5, 0.6) is 0 Å². The highest BCUT2D eigenvalue weighted by molar-refractivity contribution is 6.00. The second-order valence-electron chi connectivity index (χ2n) is 6.76. The van der Waals surface area contributed by atoms with Crippen molar-refractivity contribution in [2.24, 2.45) is 11.7 Å². The maximum atomic E-state index is 12.6. The third kappa shape index (κ3) is 4.48. The number of amides is 3. The molecule has 1 aliphatic heterocycles. The van der Waals surface area contributed by atoms with E-state index in [0.29, 0.717) is 18.7 Å². The Hall–Kier alpha value is -2.15. The van der Waals surface area contributed by atoms with Gasteiger partial charge in [0, 0.05) is 13.6 Å². The van der Waals surface area contributed by atoms with Gasteiger partial charge in [-0.3, -0.25) is 14.4 Å². The summed E-state index contributed by atoms with van der Waals surface area (Å²) >= 11 is 0. The maximum Gasteiger partial charge on any atom is 0.270 e. The lowest BCUT2D eigenvalue weighted by atomic mass is 9.86. The predicted molar refractivity (Wildman–Crippen MR) is 95.2 cm³/mol. The van der Waals surface area contributed by atoms with Crippen molar-refractivity contribution in [3.8, 4) is 0 Å². The summed E-state index contributed by atoms with van der Waals surface area (Å²) in [7, 11) is 1.74. The molecule has 0 saturated carbocycles. The molecule has 25 heavy (non-hydrogen) atoms. The Morgan fingerprint density at radius 1 is 1.36 bits per heavy atom. The van der Waals surface area contributed by atoms with E-state index in [1.54, 1.807) is 25.8 Å². The molecular formula is C18H28N4O3. The van der Waals surface area contributed by atoms with E-state index in [1.165, 1.54) is 0 Å². The summed E-state index contributed by atoms with van der Waals surface area (Å²) in [6, 6.07) is -1.42. The van der Waals surface area contributed by atoms with Gasteiger partial charge >= 0.3 is 0 Å². The van der Waals surface area contributed by atoms with Crippen LogP contribution in [0.15, 0.2) is 23.4 Å². The molecule has 4 N–H and O–H groups in total. The van der Waals surface area contributed by atoms with Crippen LogP contribution in [-0.2, 0) is 14.4 Å². The molecule has 0 bridgehead atoms. The van der Waals surface area contributed by atoms with Crippen molar-refractivity contribution in [2.45, 2.75) is 51.6 Å². The molecule has 7 nitrogen and oxygen atoms in total. The molecule has 3 atom stereocenters. The second kappa shape index (κ2) is 8.29. The number of hydrogen-bond donors (Lipinski definition) is 3. The van der Waals surface area contributed by atoms with Crippen LogP contribution in [0.1, 0.15) is 39.5 Å². The Labute approximate surface area is 148 Å². The highest BCUT2D eigenvalue weighted by Gasteiger charge is 2.31. The summed E-state index contributed by atoms with van der Waals surface area (Å²) < 4.78 is 0. The number of nitrogens with zero attached hydrogens (tertiary/aromatic N) is 1. The lowest BCUT2D eigenvalue weighted by molar-refractivity contribution is -0.130. The summed E-state index contributed by atoms with van der Waals surface area (Å²) in [6.45, 7) is 4.05. The first-order valence-electron chi connectivity index (χ1n) is 8.88. The lowest BCUT2D eigenvalue weighted by Gasteiger charge is -2.22. The summed E-state index contributed by atoms with van der Waals surface area (Å²) in [5, 5.41) is 5.34. The van der Waals surface area contributed by atoms with Crippen LogP contribution in [0.3, 0.4) is 0 Å². The molecule has 138 valence electrons. The fourth-order valence-corrected chi connectivity index (χ4v) is 3.08. The number of hydrogen-bond acceptors (Lipinski definition) is 4. The number of rotatable bonds is 5. The molecule has 7 heteroatoms. The quantitative estimate of drug-likeness (QED) is 0.670. The van der Waals surface area contributed by atoms with Crippen LogP contribution in [0.4, 0.5) is 0 Å². The molecule has 2 aliphatic rings. The molecule has 0 fully saturated rings. The minimum atomic E-state index is -0.773. The van der Waals surface area contributed by atoms with Crippen molar-refractivity contribution < 1.29 is 14.4 Å². The number of carbonyl (C=O) groups is 3. The zero-order valence-electron chi connectivity index (χ0n) is 15.2. The average molecular weight is 348 g/mol. The average Bonchev–Trinajstić information content (AvgIpc) is 2.73. The minimum absolute atomic E-state index is 0.193. The predicted octanol–water partition coefficient (Wildman–Crippen LogP) is 0.427. The lowest BCUT2D eigenvalue weighted by Crippen LogP contribution is -2.51. The molecule has 0 saturated heterocycles.